The summed E-state index contributed by atoms with van der Waals surface area (Å²) >= 11 is 0. The summed E-state index contributed by atoms with van der Waals surface area (Å²) in [5.41, 5.74) is 0. The fourth-order valence-corrected chi connectivity index (χ4v) is 2.82. The van der Waals surface area contributed by atoms with Gasteiger partial charge < -0.3 is 5.32 Å². The van der Waals surface area contributed by atoms with Crippen LogP contribution >= 0.6 is 0 Å². The Labute approximate surface area is 95.4 Å². The van der Waals surface area contributed by atoms with Crippen LogP contribution in [-0.2, 0) is 0 Å². The summed E-state index contributed by atoms with van der Waals surface area (Å²) in [7, 11) is 0. The van der Waals surface area contributed by atoms with Gasteiger partial charge in [-0.1, -0.05) is 20.8 Å². The predicted molar refractivity (Wildman–Crippen MR) is 67.3 cm³/mol. The van der Waals surface area contributed by atoms with Crippen molar-refractivity contribution in [2.45, 2.75) is 65.0 Å². The standard InChI is InChI=1S/C13H28N2/c1-4-11-15(12(5-2)6-3)13-7-9-14-10-8-13/h12-14H,4-11H2,1-3H3. The number of piperidine rings is 1. The van der Waals surface area contributed by atoms with Crippen molar-refractivity contribution in [2.24, 2.45) is 0 Å². The third kappa shape index (κ3) is 3.76. The molecule has 0 atom stereocenters. The highest BCUT2D eigenvalue weighted by molar-refractivity contribution is 4.81. The largest absolute Gasteiger partial charge is 0.317 e. The molecule has 1 rings (SSSR count). The molecule has 1 heterocycles. The number of hydrogen-bond acceptors (Lipinski definition) is 2. The molecular formula is C13H28N2. The van der Waals surface area contributed by atoms with Crippen LogP contribution in [0, 0.1) is 0 Å². The molecule has 15 heavy (non-hydrogen) atoms. The van der Waals surface area contributed by atoms with Gasteiger partial charge in [-0.3, -0.25) is 4.90 Å². The van der Waals surface area contributed by atoms with Crippen molar-refractivity contribution < 1.29 is 0 Å². The molecule has 0 bridgehead atoms. The molecule has 1 saturated heterocycles. The molecule has 1 aliphatic rings. The SMILES string of the molecule is CCCN(C(CC)CC)C1CCNCC1. The minimum absolute atomic E-state index is 0.813. The van der Waals surface area contributed by atoms with Gasteiger partial charge in [0.1, 0.15) is 0 Å². The molecule has 0 aromatic carbocycles. The van der Waals surface area contributed by atoms with Crippen LogP contribution in [-0.4, -0.2) is 36.6 Å². The second-order valence-electron chi connectivity index (χ2n) is 4.69. The third-order valence-corrected chi connectivity index (χ3v) is 3.67. The molecule has 0 amide bonds. The van der Waals surface area contributed by atoms with Gasteiger partial charge in [-0.05, 0) is 51.7 Å². The molecule has 0 saturated carbocycles. The maximum absolute atomic E-state index is 3.46. The Morgan fingerprint density at radius 3 is 2.20 bits per heavy atom. The Bertz CT molecular complexity index is 149. The highest BCUT2D eigenvalue weighted by atomic mass is 15.2. The summed E-state index contributed by atoms with van der Waals surface area (Å²) in [6.45, 7) is 10.7. The number of rotatable bonds is 6. The summed E-state index contributed by atoms with van der Waals surface area (Å²) in [6, 6.07) is 1.66. The zero-order valence-electron chi connectivity index (χ0n) is 10.8. The molecule has 1 aliphatic heterocycles. The first kappa shape index (κ1) is 13.0. The maximum atomic E-state index is 3.46. The highest BCUT2D eigenvalue weighted by Crippen LogP contribution is 2.19. The molecule has 0 spiro atoms. The van der Waals surface area contributed by atoms with E-state index in [0.717, 1.165) is 12.1 Å². The minimum Gasteiger partial charge on any atom is -0.317 e. The van der Waals surface area contributed by atoms with Crippen LogP contribution in [0.25, 0.3) is 0 Å². The first-order valence-corrected chi connectivity index (χ1v) is 6.79. The fourth-order valence-electron chi connectivity index (χ4n) is 2.82. The van der Waals surface area contributed by atoms with E-state index in [0.29, 0.717) is 0 Å². The lowest BCUT2D eigenvalue weighted by atomic mass is 10.00. The normalized spacial score (nSPS) is 19.0. The molecule has 1 fully saturated rings. The van der Waals surface area contributed by atoms with Crippen LogP contribution in [0.2, 0.25) is 0 Å². The van der Waals surface area contributed by atoms with Crippen LogP contribution in [0.1, 0.15) is 52.9 Å². The predicted octanol–water partition coefficient (Wildman–Crippen LogP) is 2.64. The number of nitrogens with zero attached hydrogens (tertiary/aromatic N) is 1. The van der Waals surface area contributed by atoms with Gasteiger partial charge in [0, 0.05) is 12.1 Å². The summed E-state index contributed by atoms with van der Waals surface area (Å²) < 4.78 is 0. The van der Waals surface area contributed by atoms with Gasteiger partial charge in [-0.25, -0.2) is 0 Å². The third-order valence-electron chi connectivity index (χ3n) is 3.67. The minimum atomic E-state index is 0.813. The molecule has 0 aromatic rings. The molecule has 90 valence electrons. The van der Waals surface area contributed by atoms with Crippen molar-refractivity contribution in [3.05, 3.63) is 0 Å². The second-order valence-corrected chi connectivity index (χ2v) is 4.69. The van der Waals surface area contributed by atoms with E-state index < -0.39 is 0 Å². The van der Waals surface area contributed by atoms with E-state index in [-0.39, 0.29) is 0 Å². The molecule has 2 nitrogen and oxygen atoms in total. The van der Waals surface area contributed by atoms with E-state index in [2.05, 4.69) is 31.0 Å². The first-order valence-electron chi connectivity index (χ1n) is 6.79. The Balaban J connectivity index is 2.53. The van der Waals surface area contributed by atoms with E-state index in [1.165, 1.54) is 51.7 Å². The van der Waals surface area contributed by atoms with Crippen LogP contribution in [0.4, 0.5) is 0 Å². The summed E-state index contributed by atoms with van der Waals surface area (Å²) in [5.74, 6) is 0. The summed E-state index contributed by atoms with van der Waals surface area (Å²) in [5, 5.41) is 3.46. The zero-order valence-corrected chi connectivity index (χ0v) is 10.8. The van der Waals surface area contributed by atoms with E-state index in [9.17, 15) is 0 Å². The van der Waals surface area contributed by atoms with Gasteiger partial charge in [-0.2, -0.15) is 0 Å². The van der Waals surface area contributed by atoms with Crippen molar-refractivity contribution in [2.75, 3.05) is 19.6 Å². The quantitative estimate of drug-likeness (QED) is 0.728. The molecule has 0 unspecified atom stereocenters. The van der Waals surface area contributed by atoms with Crippen LogP contribution in [0.15, 0.2) is 0 Å². The molecule has 0 aliphatic carbocycles. The van der Waals surface area contributed by atoms with E-state index >= 15 is 0 Å². The Morgan fingerprint density at radius 1 is 1.13 bits per heavy atom. The van der Waals surface area contributed by atoms with Crippen molar-refractivity contribution >= 4 is 0 Å². The molecule has 0 aromatic heterocycles. The molecule has 0 radical (unpaired) electrons. The van der Waals surface area contributed by atoms with Crippen molar-refractivity contribution in [3.8, 4) is 0 Å². The smallest absolute Gasteiger partial charge is 0.0122 e. The monoisotopic (exact) mass is 212 g/mol. The molecular weight excluding hydrogens is 184 g/mol. The number of nitrogens with one attached hydrogen (secondary N) is 1. The van der Waals surface area contributed by atoms with E-state index in [1.807, 2.05) is 0 Å². The van der Waals surface area contributed by atoms with E-state index in [4.69, 9.17) is 0 Å². The Morgan fingerprint density at radius 2 is 1.73 bits per heavy atom. The van der Waals surface area contributed by atoms with Gasteiger partial charge in [0.2, 0.25) is 0 Å². The highest BCUT2D eigenvalue weighted by Gasteiger charge is 2.24. The van der Waals surface area contributed by atoms with Crippen LogP contribution in [0.3, 0.4) is 0 Å². The van der Waals surface area contributed by atoms with E-state index in [1.54, 1.807) is 0 Å². The fraction of sp³-hybridized carbons (Fsp3) is 1.00. The van der Waals surface area contributed by atoms with Crippen molar-refractivity contribution in [3.63, 3.8) is 0 Å². The summed E-state index contributed by atoms with van der Waals surface area (Å²) in [6.07, 6.45) is 6.59. The first-order chi connectivity index (χ1) is 7.33. The maximum Gasteiger partial charge on any atom is 0.0122 e. The van der Waals surface area contributed by atoms with Crippen LogP contribution in [0.5, 0.6) is 0 Å². The van der Waals surface area contributed by atoms with Gasteiger partial charge in [0.25, 0.3) is 0 Å². The van der Waals surface area contributed by atoms with Gasteiger partial charge in [0.05, 0.1) is 0 Å². The van der Waals surface area contributed by atoms with Gasteiger partial charge in [-0.15, -0.1) is 0 Å². The average Bonchev–Trinajstić information content (AvgIpc) is 2.30. The Hall–Kier alpha value is -0.0800. The zero-order chi connectivity index (χ0) is 11.1. The second kappa shape index (κ2) is 7.24. The van der Waals surface area contributed by atoms with Crippen molar-refractivity contribution in [1.29, 1.82) is 0 Å². The topological polar surface area (TPSA) is 15.3 Å². The van der Waals surface area contributed by atoms with Gasteiger partial charge >= 0.3 is 0 Å². The van der Waals surface area contributed by atoms with Crippen LogP contribution < -0.4 is 5.32 Å². The molecule has 2 heteroatoms. The Kier molecular flexibility index (Phi) is 6.26. The molecule has 1 N–H and O–H groups in total. The van der Waals surface area contributed by atoms with Crippen molar-refractivity contribution in [1.82, 2.24) is 10.2 Å². The summed E-state index contributed by atoms with van der Waals surface area (Å²) in [4.78, 5) is 2.78. The van der Waals surface area contributed by atoms with Gasteiger partial charge in [0.15, 0.2) is 0 Å². The lowest BCUT2D eigenvalue weighted by molar-refractivity contribution is 0.102. The average molecular weight is 212 g/mol. The lowest BCUT2D eigenvalue weighted by Crippen LogP contribution is -2.48. The lowest BCUT2D eigenvalue weighted by Gasteiger charge is -2.39. The number of hydrogen-bond donors (Lipinski definition) is 1.